The number of rotatable bonds is 3. The average molecular weight is 187 g/mol. The molecule has 0 bridgehead atoms. The standard InChI is InChI=1S/C9H17NO3/c1-10-6-4-9(13,5-7-10)3-2-8(11)12/h13H,2-7H2,1H3,(H,11,12). The molecule has 0 radical (unpaired) electrons. The van der Waals surface area contributed by atoms with Gasteiger partial charge in [-0.05, 0) is 26.3 Å². The topological polar surface area (TPSA) is 60.8 Å². The summed E-state index contributed by atoms with van der Waals surface area (Å²) in [6.45, 7) is 1.71. The van der Waals surface area contributed by atoms with Gasteiger partial charge in [0.1, 0.15) is 0 Å². The van der Waals surface area contributed by atoms with Crippen LogP contribution in [0.5, 0.6) is 0 Å². The van der Waals surface area contributed by atoms with Crippen molar-refractivity contribution in [3.05, 3.63) is 0 Å². The summed E-state index contributed by atoms with van der Waals surface area (Å²) in [6.07, 6.45) is 1.84. The molecule has 0 aromatic rings. The van der Waals surface area contributed by atoms with Gasteiger partial charge in [-0.15, -0.1) is 0 Å². The molecule has 76 valence electrons. The van der Waals surface area contributed by atoms with Crippen LogP contribution in [-0.4, -0.2) is 46.8 Å². The lowest BCUT2D eigenvalue weighted by Crippen LogP contribution is -2.42. The zero-order chi connectivity index (χ0) is 9.90. The van der Waals surface area contributed by atoms with Crippen LogP contribution in [0.15, 0.2) is 0 Å². The third kappa shape index (κ3) is 3.32. The summed E-state index contributed by atoms with van der Waals surface area (Å²) in [7, 11) is 2.01. The van der Waals surface area contributed by atoms with Gasteiger partial charge >= 0.3 is 5.97 Å². The van der Waals surface area contributed by atoms with Crippen LogP contribution in [0.4, 0.5) is 0 Å². The van der Waals surface area contributed by atoms with Crippen LogP contribution in [0.3, 0.4) is 0 Å². The van der Waals surface area contributed by atoms with Gasteiger partial charge in [-0.3, -0.25) is 4.79 Å². The first-order valence-corrected chi connectivity index (χ1v) is 4.65. The van der Waals surface area contributed by atoms with Gasteiger partial charge in [-0.2, -0.15) is 0 Å². The lowest BCUT2D eigenvalue weighted by molar-refractivity contribution is -0.139. The fourth-order valence-electron chi connectivity index (χ4n) is 1.62. The minimum Gasteiger partial charge on any atom is -0.481 e. The van der Waals surface area contributed by atoms with E-state index >= 15 is 0 Å². The SMILES string of the molecule is CN1CCC(O)(CCC(=O)O)CC1. The summed E-state index contributed by atoms with van der Waals surface area (Å²) < 4.78 is 0. The first-order valence-electron chi connectivity index (χ1n) is 4.65. The van der Waals surface area contributed by atoms with Gasteiger partial charge in [-0.1, -0.05) is 0 Å². The first kappa shape index (κ1) is 10.5. The monoisotopic (exact) mass is 187 g/mol. The Morgan fingerprint density at radius 3 is 2.46 bits per heavy atom. The van der Waals surface area contributed by atoms with Crippen molar-refractivity contribution in [1.29, 1.82) is 0 Å². The molecule has 1 rings (SSSR count). The van der Waals surface area contributed by atoms with Crippen molar-refractivity contribution in [2.75, 3.05) is 20.1 Å². The maximum Gasteiger partial charge on any atom is 0.303 e. The quantitative estimate of drug-likeness (QED) is 0.667. The number of piperidine rings is 1. The predicted octanol–water partition coefficient (Wildman–Crippen LogP) is 0.308. The highest BCUT2D eigenvalue weighted by Crippen LogP contribution is 2.25. The molecule has 0 aromatic carbocycles. The largest absolute Gasteiger partial charge is 0.481 e. The van der Waals surface area contributed by atoms with E-state index in [9.17, 15) is 9.90 Å². The van der Waals surface area contributed by atoms with Gasteiger partial charge in [-0.25, -0.2) is 0 Å². The molecular weight excluding hydrogens is 170 g/mol. The van der Waals surface area contributed by atoms with Crippen LogP contribution in [0, 0.1) is 0 Å². The Labute approximate surface area is 78.2 Å². The van der Waals surface area contributed by atoms with Crippen LogP contribution in [0.25, 0.3) is 0 Å². The molecule has 2 N–H and O–H groups in total. The number of likely N-dealkylation sites (tertiary alicyclic amines) is 1. The van der Waals surface area contributed by atoms with Crippen molar-refractivity contribution in [2.45, 2.75) is 31.3 Å². The maximum absolute atomic E-state index is 10.3. The summed E-state index contributed by atoms with van der Waals surface area (Å²) in [5, 5.41) is 18.4. The van der Waals surface area contributed by atoms with E-state index in [1.807, 2.05) is 7.05 Å². The zero-order valence-corrected chi connectivity index (χ0v) is 7.99. The smallest absolute Gasteiger partial charge is 0.303 e. The molecule has 1 aliphatic rings. The van der Waals surface area contributed by atoms with Gasteiger partial charge in [0.05, 0.1) is 5.60 Å². The molecule has 1 aliphatic heterocycles. The number of hydrogen-bond acceptors (Lipinski definition) is 3. The normalized spacial score (nSPS) is 22.9. The van der Waals surface area contributed by atoms with E-state index in [4.69, 9.17) is 5.11 Å². The molecule has 13 heavy (non-hydrogen) atoms. The predicted molar refractivity (Wildman–Crippen MR) is 48.6 cm³/mol. The van der Waals surface area contributed by atoms with Crippen LogP contribution in [0.2, 0.25) is 0 Å². The maximum atomic E-state index is 10.3. The molecule has 0 aliphatic carbocycles. The Balaban J connectivity index is 2.34. The van der Waals surface area contributed by atoms with E-state index in [0.717, 1.165) is 13.1 Å². The summed E-state index contributed by atoms with van der Waals surface area (Å²) in [5.74, 6) is -0.827. The fraction of sp³-hybridized carbons (Fsp3) is 0.889. The summed E-state index contributed by atoms with van der Waals surface area (Å²) in [6, 6.07) is 0. The van der Waals surface area contributed by atoms with Crippen molar-refractivity contribution in [3.63, 3.8) is 0 Å². The van der Waals surface area contributed by atoms with E-state index in [1.165, 1.54) is 0 Å². The zero-order valence-electron chi connectivity index (χ0n) is 7.99. The van der Waals surface area contributed by atoms with Crippen LogP contribution >= 0.6 is 0 Å². The molecule has 4 heteroatoms. The summed E-state index contributed by atoms with van der Waals surface area (Å²) in [4.78, 5) is 12.5. The number of carboxylic acids is 1. The number of aliphatic carboxylic acids is 1. The lowest BCUT2D eigenvalue weighted by Gasteiger charge is -2.36. The van der Waals surface area contributed by atoms with Crippen molar-refractivity contribution in [3.8, 4) is 0 Å². The molecule has 1 saturated heterocycles. The molecule has 0 amide bonds. The second-order valence-electron chi connectivity index (χ2n) is 3.92. The molecule has 0 spiro atoms. The molecule has 0 atom stereocenters. The van der Waals surface area contributed by atoms with E-state index in [0.29, 0.717) is 19.3 Å². The van der Waals surface area contributed by atoms with Gasteiger partial charge in [0.2, 0.25) is 0 Å². The molecular formula is C9H17NO3. The van der Waals surface area contributed by atoms with Crippen molar-refractivity contribution < 1.29 is 15.0 Å². The van der Waals surface area contributed by atoms with Crippen LogP contribution in [0.1, 0.15) is 25.7 Å². The number of aliphatic hydroxyl groups is 1. The van der Waals surface area contributed by atoms with Crippen LogP contribution < -0.4 is 0 Å². The van der Waals surface area contributed by atoms with E-state index in [1.54, 1.807) is 0 Å². The van der Waals surface area contributed by atoms with Crippen molar-refractivity contribution >= 4 is 5.97 Å². The lowest BCUT2D eigenvalue weighted by atomic mass is 9.87. The minimum absolute atomic E-state index is 0.0697. The first-order chi connectivity index (χ1) is 6.02. The summed E-state index contributed by atoms with van der Waals surface area (Å²) in [5.41, 5.74) is -0.731. The van der Waals surface area contributed by atoms with E-state index in [-0.39, 0.29) is 6.42 Å². The van der Waals surface area contributed by atoms with E-state index < -0.39 is 11.6 Å². The molecule has 1 fully saturated rings. The second kappa shape index (κ2) is 4.07. The highest BCUT2D eigenvalue weighted by Gasteiger charge is 2.31. The molecule has 1 heterocycles. The second-order valence-corrected chi connectivity index (χ2v) is 3.92. The minimum atomic E-state index is -0.827. The highest BCUT2D eigenvalue weighted by atomic mass is 16.4. The average Bonchev–Trinajstić information content (AvgIpc) is 2.08. The fourth-order valence-corrected chi connectivity index (χ4v) is 1.62. The van der Waals surface area contributed by atoms with Crippen LogP contribution in [-0.2, 0) is 4.79 Å². The highest BCUT2D eigenvalue weighted by molar-refractivity contribution is 5.66. The Hall–Kier alpha value is -0.610. The molecule has 4 nitrogen and oxygen atoms in total. The van der Waals surface area contributed by atoms with E-state index in [2.05, 4.69) is 4.90 Å². The molecule has 0 saturated carbocycles. The van der Waals surface area contributed by atoms with Crippen molar-refractivity contribution in [1.82, 2.24) is 4.90 Å². The van der Waals surface area contributed by atoms with Crippen molar-refractivity contribution in [2.24, 2.45) is 0 Å². The number of hydrogen-bond donors (Lipinski definition) is 2. The molecule has 0 aromatic heterocycles. The van der Waals surface area contributed by atoms with Gasteiger partial charge in [0, 0.05) is 19.5 Å². The third-order valence-corrected chi connectivity index (χ3v) is 2.72. The van der Waals surface area contributed by atoms with Gasteiger partial charge in [0.15, 0.2) is 0 Å². The molecule has 0 unspecified atom stereocenters. The summed E-state index contributed by atoms with van der Waals surface area (Å²) >= 11 is 0. The Kier molecular flexibility index (Phi) is 3.27. The Bertz CT molecular complexity index is 185. The Morgan fingerprint density at radius 2 is 2.00 bits per heavy atom. The number of nitrogens with zero attached hydrogens (tertiary/aromatic N) is 1. The Morgan fingerprint density at radius 1 is 1.46 bits per heavy atom. The number of carbonyl (C=O) groups is 1. The third-order valence-electron chi connectivity index (χ3n) is 2.72. The van der Waals surface area contributed by atoms with Gasteiger partial charge < -0.3 is 15.1 Å². The number of carboxylic acid groups (broad SMARTS) is 1. The van der Waals surface area contributed by atoms with Gasteiger partial charge in [0.25, 0.3) is 0 Å².